The van der Waals surface area contributed by atoms with E-state index in [1.54, 1.807) is 25.2 Å². The van der Waals surface area contributed by atoms with E-state index >= 15 is 0 Å². The van der Waals surface area contributed by atoms with Crippen molar-refractivity contribution < 1.29 is 18.0 Å². The van der Waals surface area contributed by atoms with Crippen molar-refractivity contribution in [3.8, 4) is 0 Å². The molecule has 2 aromatic rings. The van der Waals surface area contributed by atoms with Crippen LogP contribution in [0.5, 0.6) is 0 Å². The molecule has 0 atom stereocenters. The van der Waals surface area contributed by atoms with Gasteiger partial charge in [0.2, 0.25) is 5.91 Å². The first-order valence-electron chi connectivity index (χ1n) is 8.71. The van der Waals surface area contributed by atoms with E-state index in [4.69, 9.17) is 11.6 Å². The number of amides is 1. The van der Waals surface area contributed by atoms with Gasteiger partial charge >= 0.3 is 6.18 Å². The highest BCUT2D eigenvalue weighted by Crippen LogP contribution is 2.30. The Balaban J connectivity index is 0.00000450. The second kappa shape index (κ2) is 12.3. The molecule has 30 heavy (non-hydrogen) atoms. The lowest BCUT2D eigenvalue weighted by Gasteiger charge is -2.12. The second-order valence-corrected chi connectivity index (χ2v) is 7.36. The number of guanidine groups is 1. The van der Waals surface area contributed by atoms with Crippen molar-refractivity contribution in [1.82, 2.24) is 15.6 Å². The average Bonchev–Trinajstić information content (AvgIpc) is 3.13. The Hall–Kier alpha value is -1.60. The summed E-state index contributed by atoms with van der Waals surface area (Å²) in [5.41, 5.74) is 0.580. The molecule has 1 aromatic heterocycles. The van der Waals surface area contributed by atoms with Crippen molar-refractivity contribution in [2.45, 2.75) is 25.9 Å². The Kier molecular flexibility index (Phi) is 10.8. The lowest BCUT2D eigenvalue weighted by molar-refractivity contribution is -0.140. The molecule has 2 rings (SSSR count). The van der Waals surface area contributed by atoms with Crippen LogP contribution in [0.4, 0.5) is 18.9 Å². The molecule has 0 fully saturated rings. The van der Waals surface area contributed by atoms with Crippen LogP contribution < -0.4 is 16.0 Å². The summed E-state index contributed by atoms with van der Waals surface area (Å²) in [6, 6.07) is 5.28. The summed E-state index contributed by atoms with van der Waals surface area (Å²) < 4.78 is 37.7. The monoisotopic (exact) mass is 575 g/mol. The lowest BCUT2D eigenvalue weighted by atomic mass is 10.2. The molecule has 0 spiro atoms. The van der Waals surface area contributed by atoms with Crippen LogP contribution in [0.1, 0.15) is 22.7 Å². The van der Waals surface area contributed by atoms with Crippen molar-refractivity contribution >= 4 is 64.5 Å². The number of rotatable bonds is 7. The highest BCUT2D eigenvalue weighted by atomic mass is 127. The fraction of sp³-hybridized carbons (Fsp3) is 0.389. The topological polar surface area (TPSA) is 78.4 Å². The summed E-state index contributed by atoms with van der Waals surface area (Å²) in [7, 11) is 1.57. The molecule has 6 nitrogen and oxygen atoms in total. The highest BCUT2D eigenvalue weighted by molar-refractivity contribution is 14.0. The number of halogens is 5. The summed E-state index contributed by atoms with van der Waals surface area (Å²) in [6.07, 6.45) is -3.89. The number of nitrogens with zero attached hydrogens (tertiary/aromatic N) is 2. The number of alkyl halides is 3. The molecular weight excluding hydrogens is 554 g/mol. The molecule has 0 aliphatic heterocycles. The van der Waals surface area contributed by atoms with Crippen molar-refractivity contribution in [2.75, 3.05) is 25.5 Å². The number of benzene rings is 1. The largest absolute Gasteiger partial charge is 0.434 e. The maximum absolute atomic E-state index is 12.6. The van der Waals surface area contributed by atoms with Crippen molar-refractivity contribution in [3.63, 3.8) is 0 Å². The fourth-order valence-corrected chi connectivity index (χ4v) is 3.29. The Morgan fingerprint density at radius 2 is 1.97 bits per heavy atom. The van der Waals surface area contributed by atoms with E-state index < -0.39 is 11.9 Å². The average molecular weight is 576 g/mol. The van der Waals surface area contributed by atoms with Gasteiger partial charge in [0.1, 0.15) is 0 Å². The van der Waals surface area contributed by atoms with Gasteiger partial charge in [0.15, 0.2) is 11.7 Å². The van der Waals surface area contributed by atoms with E-state index in [1.807, 2.05) is 6.92 Å². The second-order valence-electron chi connectivity index (χ2n) is 6.01. The number of anilines is 1. The lowest BCUT2D eigenvalue weighted by Crippen LogP contribution is -2.39. The van der Waals surface area contributed by atoms with E-state index in [0.29, 0.717) is 41.2 Å². The van der Waals surface area contributed by atoms with Gasteiger partial charge in [0.25, 0.3) is 0 Å². The summed E-state index contributed by atoms with van der Waals surface area (Å²) in [5, 5.41) is 10.7. The van der Waals surface area contributed by atoms with E-state index in [2.05, 4.69) is 25.9 Å². The van der Waals surface area contributed by atoms with Gasteiger partial charge in [-0.3, -0.25) is 9.79 Å². The normalized spacial score (nSPS) is 11.6. The predicted molar refractivity (Wildman–Crippen MR) is 125 cm³/mol. The molecule has 0 aliphatic carbocycles. The number of aromatic nitrogens is 1. The van der Waals surface area contributed by atoms with Crippen molar-refractivity contribution in [1.29, 1.82) is 0 Å². The van der Waals surface area contributed by atoms with Crippen LogP contribution >= 0.6 is 46.9 Å². The first-order chi connectivity index (χ1) is 13.7. The van der Waals surface area contributed by atoms with E-state index in [9.17, 15) is 18.0 Å². The van der Waals surface area contributed by atoms with Crippen LogP contribution in [0, 0.1) is 6.92 Å². The first-order valence-corrected chi connectivity index (χ1v) is 9.97. The number of thiazole rings is 1. The molecule has 3 N–H and O–H groups in total. The van der Waals surface area contributed by atoms with Crippen molar-refractivity contribution in [2.24, 2.45) is 4.99 Å². The third kappa shape index (κ3) is 8.26. The number of carbonyl (C=O) groups is 1. The summed E-state index contributed by atoms with van der Waals surface area (Å²) in [6.45, 7) is 2.51. The quantitative estimate of drug-likeness (QED) is 0.259. The number of hydrogen-bond donors (Lipinski definition) is 3. The zero-order chi connectivity index (χ0) is 21.4. The number of carbonyl (C=O) groups excluding carboxylic acids is 1. The first kappa shape index (κ1) is 26.4. The van der Waals surface area contributed by atoms with Crippen LogP contribution in [-0.2, 0) is 17.4 Å². The minimum atomic E-state index is -4.43. The zero-order valence-corrected chi connectivity index (χ0v) is 20.2. The van der Waals surface area contributed by atoms with Crippen LogP contribution in [0.2, 0.25) is 5.02 Å². The van der Waals surface area contributed by atoms with E-state index in [-0.39, 0.29) is 36.3 Å². The minimum absolute atomic E-state index is 0. The molecule has 0 radical (unpaired) electrons. The van der Waals surface area contributed by atoms with Gasteiger partial charge in [-0.05, 0) is 24.6 Å². The van der Waals surface area contributed by atoms with E-state index in [1.165, 1.54) is 0 Å². The molecule has 0 saturated carbocycles. The SMILES string of the molecule is CN=C(NCCC(=O)Nc1cccc(Cl)c1C)NCCc1nc(C(F)(F)F)cs1.I. The Labute approximate surface area is 198 Å². The molecule has 1 aromatic carbocycles. The zero-order valence-electron chi connectivity index (χ0n) is 16.3. The van der Waals surface area contributed by atoms with E-state index in [0.717, 1.165) is 22.3 Å². The summed E-state index contributed by atoms with van der Waals surface area (Å²) in [5.74, 6) is 0.269. The smallest absolute Gasteiger partial charge is 0.356 e. The highest BCUT2D eigenvalue weighted by Gasteiger charge is 2.33. The number of nitrogens with one attached hydrogen (secondary N) is 3. The third-order valence-corrected chi connectivity index (χ3v) is 5.20. The Morgan fingerprint density at radius 1 is 1.27 bits per heavy atom. The van der Waals surface area contributed by atoms with Gasteiger partial charge in [-0.2, -0.15) is 13.2 Å². The third-order valence-electron chi connectivity index (χ3n) is 3.88. The van der Waals surface area contributed by atoms with Crippen LogP contribution in [0.3, 0.4) is 0 Å². The Bertz CT molecular complexity index is 876. The molecule has 0 bridgehead atoms. The maximum atomic E-state index is 12.6. The van der Waals surface area contributed by atoms with Gasteiger partial charge in [0, 0.05) is 49.1 Å². The predicted octanol–water partition coefficient (Wildman–Crippen LogP) is 4.48. The molecule has 0 saturated heterocycles. The fourth-order valence-electron chi connectivity index (χ4n) is 2.31. The standard InChI is InChI=1S/C18H21ClF3N5OS.HI/c1-11-12(19)4-3-5-13(11)26-15(28)6-8-24-17(23-2)25-9-7-16-27-14(10-29-16)18(20,21)22;/h3-5,10H,6-9H2,1-2H3,(H,26,28)(H2,23,24,25);1H. The van der Waals surface area contributed by atoms with Gasteiger partial charge in [-0.1, -0.05) is 17.7 Å². The molecule has 12 heteroatoms. The van der Waals surface area contributed by atoms with Gasteiger partial charge in [0.05, 0.1) is 5.01 Å². The Morgan fingerprint density at radius 3 is 2.60 bits per heavy atom. The molecule has 0 aliphatic rings. The molecule has 1 amide bonds. The van der Waals surface area contributed by atoms with Crippen LogP contribution in [0.25, 0.3) is 0 Å². The van der Waals surface area contributed by atoms with Gasteiger partial charge in [-0.15, -0.1) is 35.3 Å². The van der Waals surface area contributed by atoms with Crippen LogP contribution in [0.15, 0.2) is 28.6 Å². The van der Waals surface area contributed by atoms with Crippen molar-refractivity contribution in [3.05, 3.63) is 44.9 Å². The maximum Gasteiger partial charge on any atom is 0.434 e. The number of aliphatic imine (C=N–C) groups is 1. The summed E-state index contributed by atoms with van der Waals surface area (Å²) >= 11 is 7.00. The molecular formula is C18H22ClF3IN5OS. The van der Waals surface area contributed by atoms with Gasteiger partial charge < -0.3 is 16.0 Å². The summed E-state index contributed by atoms with van der Waals surface area (Å²) in [4.78, 5) is 19.7. The van der Waals surface area contributed by atoms with Crippen LogP contribution in [-0.4, -0.2) is 37.0 Å². The minimum Gasteiger partial charge on any atom is -0.356 e. The molecule has 1 heterocycles. The molecule has 0 unspecified atom stereocenters. The number of hydrogen-bond acceptors (Lipinski definition) is 4. The molecule has 166 valence electrons. The van der Waals surface area contributed by atoms with Gasteiger partial charge in [-0.25, -0.2) is 4.98 Å².